The molecule has 2 heterocycles. The van der Waals surface area contributed by atoms with E-state index in [1.165, 1.54) is 0 Å². The minimum atomic E-state index is -0.0776. The standard InChI is InChI=1S/C24H24Cl2N2O2/c25-20-11-3-9-18(21(20)26)22-16-7-1-6-15(16)17-8-2-10-19(23(17)28-22)24(29)27-13-14-5-4-12-30-14/h1-3,6,8-11,14-16,22,28H,4-5,7,12-13H2,(H,27,29). The molecule has 156 valence electrons. The van der Waals surface area contributed by atoms with E-state index in [0.29, 0.717) is 28.1 Å². The molecule has 6 heteroatoms. The van der Waals surface area contributed by atoms with Crippen molar-refractivity contribution in [1.82, 2.24) is 5.32 Å². The smallest absolute Gasteiger partial charge is 0.253 e. The number of nitrogens with one attached hydrogen (secondary N) is 2. The number of hydrogen-bond donors (Lipinski definition) is 2. The zero-order chi connectivity index (χ0) is 20.7. The molecule has 1 amide bonds. The van der Waals surface area contributed by atoms with Crippen molar-refractivity contribution in [2.75, 3.05) is 18.5 Å². The Labute approximate surface area is 186 Å². The number of para-hydroxylation sites is 1. The second-order valence-electron chi connectivity index (χ2n) is 8.23. The summed E-state index contributed by atoms with van der Waals surface area (Å²) in [6.45, 7) is 1.32. The molecule has 4 nitrogen and oxygen atoms in total. The van der Waals surface area contributed by atoms with Gasteiger partial charge in [0.25, 0.3) is 5.91 Å². The monoisotopic (exact) mass is 442 g/mol. The summed E-state index contributed by atoms with van der Waals surface area (Å²) in [5.41, 5.74) is 3.68. The summed E-state index contributed by atoms with van der Waals surface area (Å²) >= 11 is 12.9. The van der Waals surface area contributed by atoms with Crippen molar-refractivity contribution in [2.45, 2.75) is 37.3 Å². The van der Waals surface area contributed by atoms with Crippen LogP contribution in [0.4, 0.5) is 5.69 Å². The summed E-state index contributed by atoms with van der Waals surface area (Å²) in [5, 5.41) is 7.83. The van der Waals surface area contributed by atoms with Gasteiger partial charge in [-0.2, -0.15) is 0 Å². The Morgan fingerprint density at radius 2 is 2.00 bits per heavy atom. The van der Waals surface area contributed by atoms with E-state index in [1.54, 1.807) is 6.07 Å². The van der Waals surface area contributed by atoms with Gasteiger partial charge < -0.3 is 15.4 Å². The van der Waals surface area contributed by atoms with Crippen LogP contribution in [-0.4, -0.2) is 25.2 Å². The maximum atomic E-state index is 13.1. The summed E-state index contributed by atoms with van der Waals surface area (Å²) in [7, 11) is 0. The fraction of sp³-hybridized carbons (Fsp3) is 0.375. The maximum absolute atomic E-state index is 13.1. The van der Waals surface area contributed by atoms with Crippen molar-refractivity contribution in [3.63, 3.8) is 0 Å². The predicted molar refractivity (Wildman–Crippen MR) is 121 cm³/mol. The summed E-state index contributed by atoms with van der Waals surface area (Å²) in [4.78, 5) is 13.1. The van der Waals surface area contributed by atoms with Gasteiger partial charge in [-0.05, 0) is 48.4 Å². The van der Waals surface area contributed by atoms with Crippen LogP contribution in [0.15, 0.2) is 48.6 Å². The molecule has 0 saturated carbocycles. The Morgan fingerprint density at radius 1 is 1.17 bits per heavy atom. The highest BCUT2D eigenvalue weighted by Gasteiger charge is 2.40. The lowest BCUT2D eigenvalue weighted by atomic mass is 9.76. The average Bonchev–Trinajstić information content (AvgIpc) is 3.45. The number of carbonyl (C=O) groups excluding carboxylic acids is 1. The van der Waals surface area contributed by atoms with Gasteiger partial charge in [-0.3, -0.25) is 4.79 Å². The molecule has 2 aromatic carbocycles. The van der Waals surface area contributed by atoms with Crippen molar-refractivity contribution in [2.24, 2.45) is 5.92 Å². The third-order valence-electron chi connectivity index (χ3n) is 6.47. The number of rotatable bonds is 4. The van der Waals surface area contributed by atoms with E-state index < -0.39 is 0 Å². The zero-order valence-electron chi connectivity index (χ0n) is 16.5. The van der Waals surface area contributed by atoms with Gasteiger partial charge in [0, 0.05) is 19.1 Å². The molecule has 30 heavy (non-hydrogen) atoms. The number of amides is 1. The van der Waals surface area contributed by atoms with Gasteiger partial charge in [0.15, 0.2) is 0 Å². The quantitative estimate of drug-likeness (QED) is 0.594. The molecule has 2 aromatic rings. The van der Waals surface area contributed by atoms with Crippen molar-refractivity contribution >= 4 is 34.8 Å². The van der Waals surface area contributed by atoms with Crippen LogP contribution in [0.5, 0.6) is 0 Å². The van der Waals surface area contributed by atoms with Crippen LogP contribution in [0.2, 0.25) is 10.0 Å². The number of hydrogen-bond acceptors (Lipinski definition) is 3. The number of ether oxygens (including phenoxy) is 1. The molecule has 2 N–H and O–H groups in total. The van der Waals surface area contributed by atoms with Gasteiger partial charge in [-0.25, -0.2) is 0 Å². The first kappa shape index (κ1) is 19.9. The lowest BCUT2D eigenvalue weighted by molar-refractivity contribution is 0.0858. The third kappa shape index (κ3) is 3.51. The van der Waals surface area contributed by atoms with Crippen LogP contribution in [0.1, 0.15) is 52.7 Å². The molecule has 0 aromatic heterocycles. The molecule has 0 spiro atoms. The van der Waals surface area contributed by atoms with E-state index >= 15 is 0 Å². The molecule has 3 aliphatic rings. The second kappa shape index (κ2) is 8.26. The number of carbonyl (C=O) groups is 1. The van der Waals surface area contributed by atoms with E-state index in [0.717, 1.165) is 42.7 Å². The van der Waals surface area contributed by atoms with Crippen molar-refractivity contribution < 1.29 is 9.53 Å². The fourth-order valence-electron chi connectivity index (χ4n) is 4.99. The van der Waals surface area contributed by atoms with Crippen molar-refractivity contribution in [1.29, 1.82) is 0 Å². The van der Waals surface area contributed by atoms with Gasteiger partial charge >= 0.3 is 0 Å². The normalized spacial score (nSPS) is 26.7. The molecule has 0 radical (unpaired) electrons. The summed E-state index contributed by atoms with van der Waals surface area (Å²) in [6.07, 6.45) is 7.60. The SMILES string of the molecule is O=C(NCC1CCCO1)c1cccc2c1NC(c1cccc(Cl)c1Cl)C1CC=CC21. The van der Waals surface area contributed by atoms with E-state index in [9.17, 15) is 4.79 Å². The highest BCUT2D eigenvalue weighted by molar-refractivity contribution is 6.42. The maximum Gasteiger partial charge on any atom is 0.253 e. The first-order valence-electron chi connectivity index (χ1n) is 10.5. The fourth-order valence-corrected chi connectivity index (χ4v) is 5.41. The summed E-state index contributed by atoms with van der Waals surface area (Å²) < 4.78 is 5.64. The molecular formula is C24H24Cl2N2O2. The Balaban J connectivity index is 1.48. The van der Waals surface area contributed by atoms with E-state index in [-0.39, 0.29) is 24.0 Å². The minimum absolute atomic E-state index is 0.0178. The Hall–Kier alpha value is -2.01. The topological polar surface area (TPSA) is 50.4 Å². The van der Waals surface area contributed by atoms with E-state index in [4.69, 9.17) is 27.9 Å². The van der Waals surface area contributed by atoms with Crippen molar-refractivity contribution in [3.05, 3.63) is 75.3 Å². The molecule has 2 aliphatic heterocycles. The Kier molecular flexibility index (Phi) is 5.48. The van der Waals surface area contributed by atoms with E-state index in [1.807, 2.05) is 24.3 Å². The van der Waals surface area contributed by atoms with Crippen LogP contribution in [0, 0.1) is 5.92 Å². The van der Waals surface area contributed by atoms with Gasteiger partial charge in [-0.1, -0.05) is 59.6 Å². The van der Waals surface area contributed by atoms with Crippen LogP contribution in [0.3, 0.4) is 0 Å². The first-order valence-corrected chi connectivity index (χ1v) is 11.3. The van der Waals surface area contributed by atoms with Crippen LogP contribution in [0.25, 0.3) is 0 Å². The van der Waals surface area contributed by atoms with Crippen molar-refractivity contribution in [3.8, 4) is 0 Å². The number of halogens is 2. The molecule has 4 atom stereocenters. The van der Waals surface area contributed by atoms with Crippen LogP contribution < -0.4 is 10.6 Å². The zero-order valence-corrected chi connectivity index (χ0v) is 18.0. The summed E-state index contributed by atoms with van der Waals surface area (Å²) in [6, 6.07) is 11.7. The minimum Gasteiger partial charge on any atom is -0.377 e. The number of allylic oxidation sites excluding steroid dienone is 2. The highest BCUT2D eigenvalue weighted by Crippen LogP contribution is 2.52. The van der Waals surface area contributed by atoms with Gasteiger partial charge in [0.1, 0.15) is 0 Å². The van der Waals surface area contributed by atoms with Gasteiger partial charge in [0.2, 0.25) is 0 Å². The molecule has 1 saturated heterocycles. The van der Waals surface area contributed by atoms with Crippen LogP contribution in [-0.2, 0) is 4.74 Å². The molecule has 1 aliphatic carbocycles. The highest BCUT2D eigenvalue weighted by atomic mass is 35.5. The van der Waals surface area contributed by atoms with Gasteiger partial charge in [0.05, 0.1) is 33.4 Å². The molecule has 1 fully saturated rings. The number of benzene rings is 2. The Bertz CT molecular complexity index is 1000. The largest absolute Gasteiger partial charge is 0.377 e. The predicted octanol–water partition coefficient (Wildman–Crippen LogP) is 5.73. The van der Waals surface area contributed by atoms with Crippen LogP contribution >= 0.6 is 23.2 Å². The first-order chi connectivity index (χ1) is 14.6. The molecule has 4 unspecified atom stereocenters. The van der Waals surface area contributed by atoms with E-state index in [2.05, 4.69) is 28.9 Å². The molecule has 0 bridgehead atoms. The molecular weight excluding hydrogens is 419 g/mol. The summed E-state index contributed by atoms with van der Waals surface area (Å²) in [5.74, 6) is 0.497. The Morgan fingerprint density at radius 3 is 2.83 bits per heavy atom. The number of fused-ring (bicyclic) bond motifs is 3. The molecule has 5 rings (SSSR count). The average molecular weight is 443 g/mol. The lowest BCUT2D eigenvalue weighted by Crippen LogP contribution is -2.34. The lowest BCUT2D eigenvalue weighted by Gasteiger charge is -2.38. The van der Waals surface area contributed by atoms with Gasteiger partial charge in [-0.15, -0.1) is 0 Å². The number of anilines is 1. The second-order valence-corrected chi connectivity index (χ2v) is 9.02. The third-order valence-corrected chi connectivity index (χ3v) is 7.31.